The molecule has 0 aliphatic heterocycles. The Morgan fingerprint density at radius 1 is 1.24 bits per heavy atom. The number of nitrogens with one attached hydrogen (secondary N) is 1. The van der Waals surface area contributed by atoms with Crippen LogP contribution in [0.5, 0.6) is 11.5 Å². The smallest absolute Gasteiger partial charge is 0.165 e. The Morgan fingerprint density at radius 3 is 2.71 bits per heavy atom. The standard InChI is InChI=1S/C15H18BrN3O2/c1-4-7-17-15-12(16)9-18-14(19-15)11-6-5-10(20-2)8-13(11)21-3/h5-6,8-9H,4,7H2,1-3H3,(H,17,18,19). The monoisotopic (exact) mass is 351 g/mol. The Kier molecular flexibility index (Phi) is 5.38. The van der Waals surface area contributed by atoms with Crippen molar-refractivity contribution in [2.75, 3.05) is 26.1 Å². The molecule has 1 aromatic heterocycles. The van der Waals surface area contributed by atoms with E-state index in [4.69, 9.17) is 9.47 Å². The van der Waals surface area contributed by atoms with Crippen molar-refractivity contribution in [3.05, 3.63) is 28.9 Å². The van der Waals surface area contributed by atoms with Crippen LogP contribution >= 0.6 is 15.9 Å². The van der Waals surface area contributed by atoms with Gasteiger partial charge in [0, 0.05) is 18.8 Å². The molecule has 0 amide bonds. The minimum atomic E-state index is 0.608. The first kappa shape index (κ1) is 15.6. The fourth-order valence-electron chi connectivity index (χ4n) is 1.85. The van der Waals surface area contributed by atoms with Crippen molar-refractivity contribution in [3.8, 4) is 22.9 Å². The Hall–Kier alpha value is -1.82. The summed E-state index contributed by atoms with van der Waals surface area (Å²) in [7, 11) is 3.24. The lowest BCUT2D eigenvalue weighted by Crippen LogP contribution is -2.04. The number of rotatable bonds is 6. The summed E-state index contributed by atoms with van der Waals surface area (Å²) in [6.45, 7) is 2.96. The number of anilines is 1. The van der Waals surface area contributed by atoms with Crippen molar-refractivity contribution in [1.29, 1.82) is 0 Å². The minimum Gasteiger partial charge on any atom is -0.497 e. The highest BCUT2D eigenvalue weighted by Gasteiger charge is 2.12. The highest BCUT2D eigenvalue weighted by Crippen LogP contribution is 2.32. The van der Waals surface area contributed by atoms with Gasteiger partial charge in [-0.25, -0.2) is 9.97 Å². The molecule has 0 radical (unpaired) electrons. The van der Waals surface area contributed by atoms with E-state index in [9.17, 15) is 0 Å². The van der Waals surface area contributed by atoms with Gasteiger partial charge in [0.25, 0.3) is 0 Å². The van der Waals surface area contributed by atoms with E-state index < -0.39 is 0 Å². The Balaban J connectivity index is 2.41. The average molecular weight is 352 g/mol. The minimum absolute atomic E-state index is 0.608. The lowest BCUT2D eigenvalue weighted by Gasteiger charge is -2.11. The van der Waals surface area contributed by atoms with Crippen LogP contribution in [0.2, 0.25) is 0 Å². The number of halogens is 1. The summed E-state index contributed by atoms with van der Waals surface area (Å²) >= 11 is 3.45. The van der Waals surface area contributed by atoms with Crippen molar-refractivity contribution in [1.82, 2.24) is 9.97 Å². The van der Waals surface area contributed by atoms with Crippen molar-refractivity contribution in [3.63, 3.8) is 0 Å². The molecule has 0 saturated heterocycles. The Bertz CT molecular complexity index is 620. The molecule has 0 bridgehead atoms. The predicted octanol–water partition coefficient (Wildman–Crippen LogP) is 3.75. The molecule has 5 nitrogen and oxygen atoms in total. The molecule has 2 aromatic rings. The molecule has 1 aromatic carbocycles. The van der Waals surface area contributed by atoms with Gasteiger partial charge in [0.1, 0.15) is 17.3 Å². The molecule has 6 heteroatoms. The van der Waals surface area contributed by atoms with Gasteiger partial charge in [-0.15, -0.1) is 0 Å². The molecule has 0 aliphatic carbocycles. The van der Waals surface area contributed by atoms with Crippen LogP contribution < -0.4 is 14.8 Å². The van der Waals surface area contributed by atoms with Crippen LogP contribution in [-0.2, 0) is 0 Å². The lowest BCUT2D eigenvalue weighted by atomic mass is 10.1. The fraction of sp³-hybridized carbons (Fsp3) is 0.333. The highest BCUT2D eigenvalue weighted by molar-refractivity contribution is 9.10. The number of ether oxygens (including phenoxy) is 2. The lowest BCUT2D eigenvalue weighted by molar-refractivity contribution is 0.395. The van der Waals surface area contributed by atoms with E-state index in [0.717, 1.165) is 34.6 Å². The Labute approximate surface area is 132 Å². The van der Waals surface area contributed by atoms with E-state index in [-0.39, 0.29) is 0 Å². The van der Waals surface area contributed by atoms with Crippen LogP contribution in [0.15, 0.2) is 28.9 Å². The van der Waals surface area contributed by atoms with Gasteiger partial charge in [-0.2, -0.15) is 0 Å². The molecule has 0 saturated carbocycles. The van der Waals surface area contributed by atoms with Crippen molar-refractivity contribution < 1.29 is 9.47 Å². The number of hydrogen-bond acceptors (Lipinski definition) is 5. The quantitative estimate of drug-likeness (QED) is 0.858. The molecule has 0 aliphatic rings. The van der Waals surface area contributed by atoms with Gasteiger partial charge >= 0.3 is 0 Å². The maximum Gasteiger partial charge on any atom is 0.165 e. The largest absolute Gasteiger partial charge is 0.497 e. The van der Waals surface area contributed by atoms with Crippen LogP contribution in [0.4, 0.5) is 5.82 Å². The zero-order valence-corrected chi connectivity index (χ0v) is 13.9. The van der Waals surface area contributed by atoms with E-state index in [1.165, 1.54) is 0 Å². The van der Waals surface area contributed by atoms with E-state index in [2.05, 4.69) is 38.1 Å². The summed E-state index contributed by atoms with van der Waals surface area (Å²) < 4.78 is 11.4. The third-order valence-electron chi connectivity index (χ3n) is 2.94. The van der Waals surface area contributed by atoms with E-state index in [1.54, 1.807) is 20.4 Å². The maximum absolute atomic E-state index is 5.40. The molecule has 0 atom stereocenters. The molecule has 1 heterocycles. The first-order chi connectivity index (χ1) is 10.2. The summed E-state index contributed by atoms with van der Waals surface area (Å²) in [6.07, 6.45) is 2.77. The number of benzene rings is 1. The van der Waals surface area contributed by atoms with E-state index >= 15 is 0 Å². The van der Waals surface area contributed by atoms with Gasteiger partial charge in [0.15, 0.2) is 5.82 Å². The predicted molar refractivity (Wildman–Crippen MR) is 87.1 cm³/mol. The summed E-state index contributed by atoms with van der Waals surface area (Å²) in [5.41, 5.74) is 0.824. The second kappa shape index (κ2) is 7.26. The topological polar surface area (TPSA) is 56.3 Å². The number of nitrogens with zero attached hydrogens (tertiary/aromatic N) is 2. The van der Waals surface area contributed by atoms with Crippen LogP contribution in [0, 0.1) is 0 Å². The van der Waals surface area contributed by atoms with E-state index in [1.807, 2.05) is 18.2 Å². The van der Waals surface area contributed by atoms with Gasteiger partial charge in [-0.05, 0) is 34.5 Å². The van der Waals surface area contributed by atoms with Crippen LogP contribution in [0.1, 0.15) is 13.3 Å². The molecule has 0 unspecified atom stereocenters. The highest BCUT2D eigenvalue weighted by atomic mass is 79.9. The third kappa shape index (κ3) is 3.64. The number of methoxy groups -OCH3 is 2. The van der Waals surface area contributed by atoms with Crippen molar-refractivity contribution in [2.45, 2.75) is 13.3 Å². The van der Waals surface area contributed by atoms with Gasteiger partial charge < -0.3 is 14.8 Å². The van der Waals surface area contributed by atoms with Gasteiger partial charge in [0.05, 0.1) is 24.3 Å². The van der Waals surface area contributed by atoms with Crippen molar-refractivity contribution >= 4 is 21.7 Å². The second-order valence-electron chi connectivity index (χ2n) is 4.38. The molecule has 0 fully saturated rings. The van der Waals surface area contributed by atoms with Gasteiger partial charge in [0.2, 0.25) is 0 Å². The molecular weight excluding hydrogens is 334 g/mol. The third-order valence-corrected chi connectivity index (χ3v) is 3.52. The van der Waals surface area contributed by atoms with Gasteiger partial charge in [-0.3, -0.25) is 0 Å². The summed E-state index contributed by atoms with van der Waals surface area (Å²) in [4.78, 5) is 8.92. The molecule has 21 heavy (non-hydrogen) atoms. The average Bonchev–Trinajstić information content (AvgIpc) is 2.53. The molecule has 2 rings (SSSR count). The first-order valence-corrected chi connectivity index (χ1v) is 7.47. The van der Waals surface area contributed by atoms with E-state index in [0.29, 0.717) is 11.6 Å². The number of aromatic nitrogens is 2. The SMILES string of the molecule is CCCNc1nc(-c2ccc(OC)cc2OC)ncc1Br. The second-order valence-corrected chi connectivity index (χ2v) is 5.24. The fourth-order valence-corrected chi connectivity index (χ4v) is 2.18. The Morgan fingerprint density at radius 2 is 2.05 bits per heavy atom. The zero-order valence-electron chi connectivity index (χ0n) is 12.3. The summed E-state index contributed by atoms with van der Waals surface area (Å²) in [5.74, 6) is 2.80. The number of hydrogen-bond donors (Lipinski definition) is 1. The van der Waals surface area contributed by atoms with Crippen molar-refractivity contribution in [2.24, 2.45) is 0 Å². The van der Waals surface area contributed by atoms with Crippen LogP contribution in [0.3, 0.4) is 0 Å². The first-order valence-electron chi connectivity index (χ1n) is 6.68. The molecule has 1 N–H and O–H groups in total. The zero-order chi connectivity index (χ0) is 15.2. The summed E-state index contributed by atoms with van der Waals surface area (Å²) in [6, 6.07) is 5.58. The van der Waals surface area contributed by atoms with Gasteiger partial charge in [-0.1, -0.05) is 6.92 Å². The molecule has 112 valence electrons. The molecule has 0 spiro atoms. The van der Waals surface area contributed by atoms with Crippen LogP contribution in [0.25, 0.3) is 11.4 Å². The normalized spacial score (nSPS) is 10.3. The molecular formula is C15H18BrN3O2. The summed E-state index contributed by atoms with van der Waals surface area (Å²) in [5, 5.41) is 3.27. The van der Waals surface area contributed by atoms with Crippen LogP contribution in [-0.4, -0.2) is 30.7 Å². The maximum atomic E-state index is 5.40.